The van der Waals surface area contributed by atoms with Crippen molar-refractivity contribution >= 4 is 40.1 Å². The van der Waals surface area contributed by atoms with Crippen molar-refractivity contribution in [2.75, 3.05) is 34.7 Å². The lowest BCUT2D eigenvalue weighted by atomic mass is 9.99. The van der Waals surface area contributed by atoms with Crippen LogP contribution in [0, 0.1) is 5.82 Å². The number of sulfonamides is 1. The summed E-state index contributed by atoms with van der Waals surface area (Å²) in [4.78, 5) is 18.4. The van der Waals surface area contributed by atoms with Gasteiger partial charge in [0, 0.05) is 31.0 Å². The van der Waals surface area contributed by atoms with Crippen molar-refractivity contribution in [3.8, 4) is 0 Å². The van der Waals surface area contributed by atoms with Gasteiger partial charge in [-0.15, -0.1) is 0 Å². The first-order valence-electron chi connectivity index (χ1n) is 10.4. The number of nitrogens with one attached hydrogen (secondary N) is 2. The second-order valence-electron chi connectivity index (χ2n) is 7.94. The van der Waals surface area contributed by atoms with E-state index in [1.807, 2.05) is 4.72 Å². The number of halogens is 4. The van der Waals surface area contributed by atoms with Gasteiger partial charge in [-0.3, -0.25) is 9.52 Å². The van der Waals surface area contributed by atoms with E-state index in [-0.39, 0.29) is 29.4 Å². The first-order valence-corrected chi connectivity index (χ1v) is 12.9. The highest BCUT2D eigenvalue weighted by atomic mass is 32.2. The third-order valence-electron chi connectivity index (χ3n) is 5.29. The molecule has 1 amide bonds. The van der Waals surface area contributed by atoms with E-state index in [9.17, 15) is 30.8 Å². The number of carbonyl (C=O) groups is 1. The fourth-order valence-corrected chi connectivity index (χ4v) is 4.59. The van der Waals surface area contributed by atoms with Crippen LogP contribution in [0.3, 0.4) is 0 Å². The van der Waals surface area contributed by atoms with Crippen molar-refractivity contribution < 1.29 is 30.8 Å². The second kappa shape index (κ2) is 10.4. The Balaban J connectivity index is 1.78. The van der Waals surface area contributed by atoms with Gasteiger partial charge in [-0.2, -0.15) is 25.8 Å². The van der Waals surface area contributed by atoms with Crippen molar-refractivity contribution in [3.63, 3.8) is 0 Å². The van der Waals surface area contributed by atoms with Crippen molar-refractivity contribution in [1.29, 1.82) is 0 Å². The molecule has 0 spiro atoms. The van der Waals surface area contributed by atoms with Crippen LogP contribution in [0.15, 0.2) is 30.3 Å². The van der Waals surface area contributed by atoms with Crippen LogP contribution >= 0.6 is 12.6 Å². The Morgan fingerprint density at radius 1 is 1.21 bits per heavy atom. The van der Waals surface area contributed by atoms with Gasteiger partial charge in [-0.25, -0.2) is 17.8 Å². The van der Waals surface area contributed by atoms with Crippen LogP contribution in [0.1, 0.15) is 35.6 Å². The minimum Gasteiger partial charge on any atom is -0.356 e. The number of hydrogen-bond acceptors (Lipinski definition) is 6. The van der Waals surface area contributed by atoms with Crippen LogP contribution < -0.4 is 14.9 Å². The van der Waals surface area contributed by atoms with Crippen molar-refractivity contribution in [2.24, 2.45) is 0 Å². The zero-order chi connectivity index (χ0) is 25.1. The predicted molar refractivity (Wildman–Crippen MR) is 124 cm³/mol. The average molecular weight is 521 g/mol. The molecule has 1 aliphatic rings. The number of aromatic nitrogens is 1. The molecule has 186 valence electrons. The third kappa shape index (κ3) is 6.53. The maximum Gasteiger partial charge on any atom is 0.433 e. The number of amides is 1. The van der Waals surface area contributed by atoms with Gasteiger partial charge in [0.15, 0.2) is 0 Å². The van der Waals surface area contributed by atoms with E-state index in [0.717, 1.165) is 31.2 Å². The maximum absolute atomic E-state index is 14.4. The number of nitrogens with zero attached hydrogens (tertiary/aromatic N) is 2. The number of alkyl halides is 3. The van der Waals surface area contributed by atoms with Crippen LogP contribution in [0.2, 0.25) is 0 Å². The molecule has 1 unspecified atom stereocenters. The molecular formula is C21H24F4N4O3S2. The largest absolute Gasteiger partial charge is 0.433 e. The molecular weight excluding hydrogens is 496 g/mol. The highest BCUT2D eigenvalue weighted by Gasteiger charge is 2.34. The van der Waals surface area contributed by atoms with E-state index in [4.69, 9.17) is 0 Å². The summed E-state index contributed by atoms with van der Waals surface area (Å²) in [5.41, 5.74) is -0.555. The van der Waals surface area contributed by atoms with Crippen LogP contribution in [-0.2, 0) is 27.5 Å². The number of benzene rings is 1. The molecule has 1 saturated heterocycles. The van der Waals surface area contributed by atoms with E-state index < -0.39 is 39.5 Å². The molecule has 1 fully saturated rings. The SMILES string of the molecule is CS(=O)(=O)Nc1ccc(C(CS)C(=O)NCc2ccc(C(F)(F)F)nc2N2CCCC2)cc1F. The summed E-state index contributed by atoms with van der Waals surface area (Å²) in [6, 6.07) is 5.83. The third-order valence-corrected chi connectivity index (χ3v) is 6.25. The number of anilines is 2. The lowest BCUT2D eigenvalue weighted by Crippen LogP contribution is -2.31. The Labute approximate surface area is 200 Å². The summed E-state index contributed by atoms with van der Waals surface area (Å²) in [7, 11) is -3.68. The summed E-state index contributed by atoms with van der Waals surface area (Å²) in [6.45, 7) is 1.07. The minimum absolute atomic E-state index is 0.0222. The highest BCUT2D eigenvalue weighted by Crippen LogP contribution is 2.32. The molecule has 0 aliphatic carbocycles. The van der Waals surface area contributed by atoms with Crippen LogP contribution in [-0.4, -0.2) is 44.4 Å². The smallest absolute Gasteiger partial charge is 0.356 e. The number of hydrogen-bond donors (Lipinski definition) is 3. The first kappa shape index (κ1) is 26.1. The molecule has 0 radical (unpaired) electrons. The normalized spacial score (nSPS) is 15.3. The summed E-state index contributed by atoms with van der Waals surface area (Å²) >= 11 is 4.17. The van der Waals surface area contributed by atoms with Gasteiger partial charge in [-0.05, 0) is 36.6 Å². The lowest BCUT2D eigenvalue weighted by molar-refractivity contribution is -0.141. The summed E-state index contributed by atoms with van der Waals surface area (Å²) < 4.78 is 78.6. The van der Waals surface area contributed by atoms with E-state index in [2.05, 4.69) is 22.9 Å². The van der Waals surface area contributed by atoms with Gasteiger partial charge in [0.05, 0.1) is 17.9 Å². The Kier molecular flexibility index (Phi) is 7.96. The number of carbonyl (C=O) groups excluding carboxylic acids is 1. The molecule has 2 aromatic rings. The zero-order valence-corrected chi connectivity index (χ0v) is 19.9. The predicted octanol–water partition coefficient (Wildman–Crippen LogP) is 3.54. The topological polar surface area (TPSA) is 91.4 Å². The molecule has 34 heavy (non-hydrogen) atoms. The molecule has 0 saturated carbocycles. The first-order chi connectivity index (χ1) is 15.9. The van der Waals surface area contributed by atoms with E-state index in [1.165, 1.54) is 18.2 Å². The average Bonchev–Trinajstić information content (AvgIpc) is 3.28. The summed E-state index contributed by atoms with van der Waals surface area (Å²) in [5.74, 6) is -2.04. The molecule has 2 N–H and O–H groups in total. The molecule has 1 atom stereocenters. The fourth-order valence-electron chi connectivity index (χ4n) is 3.65. The van der Waals surface area contributed by atoms with Crippen molar-refractivity contribution in [1.82, 2.24) is 10.3 Å². The van der Waals surface area contributed by atoms with Crippen LogP contribution in [0.25, 0.3) is 0 Å². The van der Waals surface area contributed by atoms with Gasteiger partial charge >= 0.3 is 6.18 Å². The second-order valence-corrected chi connectivity index (χ2v) is 10.1. The molecule has 1 aromatic heterocycles. The molecule has 7 nitrogen and oxygen atoms in total. The maximum atomic E-state index is 14.4. The summed E-state index contributed by atoms with van der Waals surface area (Å²) in [6.07, 6.45) is -2.03. The molecule has 2 heterocycles. The monoisotopic (exact) mass is 520 g/mol. The van der Waals surface area contributed by atoms with Gasteiger partial charge in [-0.1, -0.05) is 12.1 Å². The molecule has 13 heteroatoms. The molecule has 0 bridgehead atoms. The number of rotatable bonds is 8. The van der Waals surface area contributed by atoms with Gasteiger partial charge in [0.2, 0.25) is 15.9 Å². The van der Waals surface area contributed by atoms with E-state index in [0.29, 0.717) is 18.7 Å². The molecule has 1 aliphatic heterocycles. The Morgan fingerprint density at radius 2 is 1.88 bits per heavy atom. The Hall–Kier alpha value is -2.54. The Morgan fingerprint density at radius 3 is 2.44 bits per heavy atom. The van der Waals surface area contributed by atoms with Crippen molar-refractivity contribution in [2.45, 2.75) is 31.5 Å². The quantitative estimate of drug-likeness (QED) is 0.366. The zero-order valence-electron chi connectivity index (χ0n) is 18.2. The van der Waals surface area contributed by atoms with Crippen LogP contribution in [0.4, 0.5) is 29.1 Å². The van der Waals surface area contributed by atoms with Gasteiger partial charge in [0.1, 0.15) is 17.3 Å². The van der Waals surface area contributed by atoms with Crippen LogP contribution in [0.5, 0.6) is 0 Å². The Bertz CT molecular complexity index is 1150. The fraction of sp³-hybridized carbons (Fsp3) is 0.429. The highest BCUT2D eigenvalue weighted by molar-refractivity contribution is 7.92. The number of pyridine rings is 1. The summed E-state index contributed by atoms with van der Waals surface area (Å²) in [5, 5.41) is 2.67. The van der Waals surface area contributed by atoms with Gasteiger partial charge < -0.3 is 10.2 Å². The number of thiol groups is 1. The minimum atomic E-state index is -4.59. The standard InChI is InChI=1S/C21H24F4N4O3S2/c1-34(31,32)28-17-6-4-13(10-16(17)22)15(12-33)20(30)26-11-14-5-7-18(21(23,24)25)27-19(14)29-8-2-3-9-29/h4-7,10,15,28,33H,2-3,8-9,11-12H2,1H3,(H,26,30). The van der Waals surface area contributed by atoms with Crippen molar-refractivity contribution in [3.05, 3.63) is 53.0 Å². The molecule has 1 aromatic carbocycles. The molecule has 3 rings (SSSR count). The van der Waals surface area contributed by atoms with E-state index in [1.54, 1.807) is 4.90 Å². The lowest BCUT2D eigenvalue weighted by Gasteiger charge is -2.22. The van der Waals surface area contributed by atoms with Gasteiger partial charge in [0.25, 0.3) is 0 Å². The van der Waals surface area contributed by atoms with E-state index >= 15 is 0 Å².